The lowest BCUT2D eigenvalue weighted by Gasteiger charge is -2.12. The third kappa shape index (κ3) is 4.90. The maximum atomic E-state index is 11.7. The Morgan fingerprint density at radius 1 is 1.33 bits per heavy atom. The van der Waals surface area contributed by atoms with Crippen LogP contribution in [0.4, 0.5) is 5.69 Å². The summed E-state index contributed by atoms with van der Waals surface area (Å²) in [4.78, 5) is 43.5. The van der Waals surface area contributed by atoms with Gasteiger partial charge >= 0.3 is 5.97 Å². The van der Waals surface area contributed by atoms with Crippen LogP contribution < -0.4 is 11.1 Å². The molecule has 9 nitrogen and oxygen atoms in total. The average Bonchev–Trinajstić information content (AvgIpc) is 2.37. The van der Waals surface area contributed by atoms with Gasteiger partial charge in [-0.05, 0) is 0 Å². The van der Waals surface area contributed by atoms with Crippen molar-refractivity contribution in [3.63, 3.8) is 0 Å². The maximum absolute atomic E-state index is 11.7. The first-order chi connectivity index (χ1) is 9.81. The summed E-state index contributed by atoms with van der Waals surface area (Å²) in [5.74, 6) is -3.05. The Morgan fingerprint density at radius 3 is 2.48 bits per heavy atom. The van der Waals surface area contributed by atoms with Crippen LogP contribution in [-0.2, 0) is 20.8 Å². The second-order valence-corrected chi connectivity index (χ2v) is 4.19. The normalized spacial score (nSPS) is 11.4. The maximum Gasteiger partial charge on any atom is 0.326 e. The molecule has 0 unspecified atom stereocenters. The molecule has 4 N–H and O–H groups in total. The van der Waals surface area contributed by atoms with Gasteiger partial charge in [-0.15, -0.1) is 0 Å². The topological polar surface area (TPSA) is 153 Å². The molecule has 21 heavy (non-hydrogen) atoms. The molecule has 1 atom stereocenters. The van der Waals surface area contributed by atoms with Crippen molar-refractivity contribution in [3.05, 3.63) is 39.9 Å². The van der Waals surface area contributed by atoms with Gasteiger partial charge in [0.1, 0.15) is 6.04 Å². The van der Waals surface area contributed by atoms with Gasteiger partial charge in [-0.2, -0.15) is 0 Å². The molecule has 0 spiro atoms. The van der Waals surface area contributed by atoms with Crippen LogP contribution in [0.1, 0.15) is 12.0 Å². The van der Waals surface area contributed by atoms with E-state index in [1.807, 2.05) is 0 Å². The lowest BCUT2D eigenvalue weighted by Crippen LogP contribution is -2.43. The summed E-state index contributed by atoms with van der Waals surface area (Å²) in [6.07, 6.45) is -0.933. The highest BCUT2D eigenvalue weighted by molar-refractivity contribution is 5.89. The molecule has 1 aromatic carbocycles. The quantitative estimate of drug-likeness (QED) is 0.458. The first-order valence-corrected chi connectivity index (χ1v) is 5.84. The molecule has 0 aliphatic carbocycles. The number of hydrogen-bond acceptors (Lipinski definition) is 5. The number of nitro benzene ring substituents is 1. The van der Waals surface area contributed by atoms with Gasteiger partial charge in [0.25, 0.3) is 5.69 Å². The largest absolute Gasteiger partial charge is 0.480 e. The zero-order chi connectivity index (χ0) is 16.0. The number of carboxylic acids is 1. The number of carbonyl (C=O) groups excluding carboxylic acids is 2. The first kappa shape index (κ1) is 16.1. The number of nitro groups is 1. The third-order valence-corrected chi connectivity index (χ3v) is 2.58. The van der Waals surface area contributed by atoms with Crippen molar-refractivity contribution in [3.8, 4) is 0 Å². The fraction of sp³-hybridized carbons (Fsp3) is 0.250. The van der Waals surface area contributed by atoms with Crippen LogP contribution in [0.5, 0.6) is 0 Å². The number of carbonyl (C=O) groups is 3. The monoisotopic (exact) mass is 295 g/mol. The Kier molecular flexibility index (Phi) is 5.35. The van der Waals surface area contributed by atoms with E-state index in [0.29, 0.717) is 0 Å². The highest BCUT2D eigenvalue weighted by atomic mass is 16.6. The Balaban J connectivity index is 2.79. The highest BCUT2D eigenvalue weighted by Crippen LogP contribution is 2.18. The van der Waals surface area contributed by atoms with Crippen molar-refractivity contribution in [2.24, 2.45) is 5.73 Å². The van der Waals surface area contributed by atoms with E-state index in [1.54, 1.807) is 0 Å². The van der Waals surface area contributed by atoms with Crippen molar-refractivity contribution >= 4 is 23.5 Å². The first-order valence-electron chi connectivity index (χ1n) is 5.84. The number of benzene rings is 1. The van der Waals surface area contributed by atoms with E-state index in [2.05, 4.69) is 5.32 Å². The predicted molar refractivity (Wildman–Crippen MR) is 70.2 cm³/mol. The number of rotatable bonds is 7. The predicted octanol–water partition coefficient (Wildman–Crippen LogP) is -0.418. The Bertz CT molecular complexity index is 586. The van der Waals surface area contributed by atoms with Gasteiger partial charge in [0.2, 0.25) is 11.8 Å². The number of primary amides is 1. The molecule has 0 radical (unpaired) electrons. The molecule has 112 valence electrons. The number of nitrogens with two attached hydrogens (primary N) is 1. The SMILES string of the molecule is NC(=O)C[C@H](NC(=O)Cc1ccccc1[N+](=O)[O-])C(=O)O. The summed E-state index contributed by atoms with van der Waals surface area (Å²) in [7, 11) is 0. The minimum absolute atomic E-state index is 0.142. The van der Waals surface area contributed by atoms with Crippen LogP contribution >= 0.6 is 0 Å². The number of nitrogens with one attached hydrogen (secondary N) is 1. The zero-order valence-electron chi connectivity index (χ0n) is 10.8. The Hall–Kier alpha value is -2.97. The van der Waals surface area contributed by atoms with Crippen molar-refractivity contribution < 1.29 is 24.4 Å². The average molecular weight is 295 g/mol. The van der Waals surface area contributed by atoms with E-state index >= 15 is 0 Å². The van der Waals surface area contributed by atoms with Gasteiger partial charge in [0.05, 0.1) is 17.8 Å². The van der Waals surface area contributed by atoms with E-state index in [0.717, 1.165) is 0 Å². The Morgan fingerprint density at radius 2 is 1.95 bits per heavy atom. The van der Waals surface area contributed by atoms with E-state index in [4.69, 9.17) is 10.8 Å². The van der Waals surface area contributed by atoms with Crippen LogP contribution in [-0.4, -0.2) is 33.9 Å². The van der Waals surface area contributed by atoms with Crippen LogP contribution in [0, 0.1) is 10.1 Å². The lowest BCUT2D eigenvalue weighted by molar-refractivity contribution is -0.385. The van der Waals surface area contributed by atoms with Crippen LogP contribution in [0.3, 0.4) is 0 Å². The summed E-state index contributed by atoms with van der Waals surface area (Å²) in [5.41, 5.74) is 4.78. The fourth-order valence-electron chi connectivity index (χ4n) is 1.66. The molecule has 1 aromatic rings. The molecule has 0 bridgehead atoms. The molecule has 9 heteroatoms. The Labute approximate surface area is 118 Å². The second kappa shape index (κ2) is 6.98. The van der Waals surface area contributed by atoms with E-state index in [1.165, 1.54) is 24.3 Å². The summed E-state index contributed by atoms with van der Waals surface area (Å²) < 4.78 is 0. The highest BCUT2D eigenvalue weighted by Gasteiger charge is 2.23. The van der Waals surface area contributed by atoms with Gasteiger partial charge in [-0.3, -0.25) is 19.7 Å². The molecule has 0 heterocycles. The zero-order valence-corrected chi connectivity index (χ0v) is 10.8. The second-order valence-electron chi connectivity index (χ2n) is 4.19. The number of carboxylic acid groups (broad SMARTS) is 1. The molecule has 0 saturated heterocycles. The summed E-state index contributed by atoms with van der Waals surface area (Å²) in [5, 5.41) is 21.7. The number of hydrogen-bond donors (Lipinski definition) is 3. The van der Waals surface area contributed by atoms with Crippen LogP contribution in [0.2, 0.25) is 0 Å². The van der Waals surface area contributed by atoms with Gasteiger partial charge in [-0.1, -0.05) is 18.2 Å². The number of para-hydroxylation sites is 1. The molecule has 1 rings (SSSR count). The molecule has 0 aliphatic heterocycles. The van der Waals surface area contributed by atoms with Crippen LogP contribution in [0.25, 0.3) is 0 Å². The minimum atomic E-state index is -1.46. The standard InChI is InChI=1S/C12H13N3O6/c13-10(16)6-8(12(18)19)14-11(17)5-7-3-1-2-4-9(7)15(20)21/h1-4,8H,5-6H2,(H2,13,16)(H,14,17)(H,18,19)/t8-/m0/s1. The van der Waals surface area contributed by atoms with Gasteiger partial charge in [0, 0.05) is 11.6 Å². The number of aliphatic carboxylic acids is 1. The van der Waals surface area contributed by atoms with Crippen molar-refractivity contribution in [2.75, 3.05) is 0 Å². The van der Waals surface area contributed by atoms with Crippen molar-refractivity contribution in [1.29, 1.82) is 0 Å². The molecule has 2 amide bonds. The third-order valence-electron chi connectivity index (χ3n) is 2.58. The fourth-order valence-corrected chi connectivity index (χ4v) is 1.66. The molecule has 0 saturated carbocycles. The van der Waals surface area contributed by atoms with E-state index < -0.39 is 35.2 Å². The van der Waals surface area contributed by atoms with Crippen molar-refractivity contribution in [1.82, 2.24) is 5.32 Å². The molecular formula is C12H13N3O6. The summed E-state index contributed by atoms with van der Waals surface area (Å²) >= 11 is 0. The number of amides is 2. The van der Waals surface area contributed by atoms with Gasteiger partial charge in [-0.25, -0.2) is 4.79 Å². The smallest absolute Gasteiger partial charge is 0.326 e. The molecule has 0 fully saturated rings. The summed E-state index contributed by atoms with van der Waals surface area (Å²) in [6.45, 7) is 0. The van der Waals surface area contributed by atoms with Crippen LogP contribution in [0.15, 0.2) is 24.3 Å². The van der Waals surface area contributed by atoms with E-state index in [-0.39, 0.29) is 17.7 Å². The summed E-state index contributed by atoms with van der Waals surface area (Å²) in [6, 6.07) is 4.14. The van der Waals surface area contributed by atoms with E-state index in [9.17, 15) is 24.5 Å². The molecule has 0 aliphatic rings. The van der Waals surface area contributed by atoms with Gasteiger partial charge in [0.15, 0.2) is 0 Å². The van der Waals surface area contributed by atoms with Crippen molar-refractivity contribution in [2.45, 2.75) is 18.9 Å². The molecular weight excluding hydrogens is 282 g/mol. The minimum Gasteiger partial charge on any atom is -0.480 e. The number of nitrogens with zero attached hydrogens (tertiary/aromatic N) is 1. The molecule has 0 aromatic heterocycles. The lowest BCUT2D eigenvalue weighted by atomic mass is 10.1. The van der Waals surface area contributed by atoms with Gasteiger partial charge < -0.3 is 16.2 Å².